The number of aryl methyl sites for hydroxylation is 1. The van der Waals surface area contributed by atoms with E-state index in [1.165, 1.54) is 12.1 Å². The molecule has 0 aliphatic carbocycles. The maximum atomic E-state index is 13.5. The van der Waals surface area contributed by atoms with Crippen LogP contribution in [0.4, 0.5) is 35.9 Å². The molecule has 3 aromatic carbocycles. The Morgan fingerprint density at radius 2 is 1.62 bits per heavy atom. The smallest absolute Gasteiger partial charge is 0.370 e. The first-order chi connectivity index (χ1) is 17.4. The molecule has 11 heteroatoms. The first-order valence-corrected chi connectivity index (χ1v) is 13.6. The molecule has 1 fully saturated rings. The highest BCUT2D eigenvalue weighted by molar-refractivity contribution is 7.93. The summed E-state index contributed by atoms with van der Waals surface area (Å²) in [6, 6.07) is 14.8. The van der Waals surface area contributed by atoms with Crippen molar-refractivity contribution in [3.8, 4) is 0 Å². The van der Waals surface area contributed by atoms with E-state index in [0.717, 1.165) is 47.9 Å². The van der Waals surface area contributed by atoms with Gasteiger partial charge >= 0.3 is 6.18 Å². The van der Waals surface area contributed by atoms with Gasteiger partial charge in [0.05, 0.1) is 11.3 Å². The van der Waals surface area contributed by atoms with Crippen molar-refractivity contribution < 1.29 is 21.6 Å². The average Bonchev–Trinajstić information content (AvgIpc) is 3.36. The van der Waals surface area contributed by atoms with Gasteiger partial charge in [0.2, 0.25) is 0 Å². The van der Waals surface area contributed by atoms with Crippen LogP contribution in [0.15, 0.2) is 65.6 Å². The molecule has 3 aromatic rings. The number of hydrogen-bond acceptors (Lipinski definition) is 4. The monoisotopic (exact) mass is 548 g/mol. The number of rotatable bonds is 6. The molecule has 1 heterocycles. The van der Waals surface area contributed by atoms with Crippen molar-refractivity contribution >= 4 is 50.1 Å². The van der Waals surface area contributed by atoms with Crippen molar-refractivity contribution in [2.24, 2.45) is 0 Å². The van der Waals surface area contributed by atoms with E-state index in [2.05, 4.69) is 15.4 Å². The third kappa shape index (κ3) is 6.34. The zero-order valence-corrected chi connectivity index (χ0v) is 21.9. The Kier molecular flexibility index (Phi) is 7.65. The minimum atomic E-state index is -4.59. The number of thiocarbonyl (C=S) groups is 1. The third-order valence-electron chi connectivity index (χ3n) is 6.25. The summed E-state index contributed by atoms with van der Waals surface area (Å²) in [5, 5.41) is 6.42. The Balaban J connectivity index is 1.64. The van der Waals surface area contributed by atoms with Gasteiger partial charge in [-0.2, -0.15) is 13.2 Å². The fourth-order valence-electron chi connectivity index (χ4n) is 4.17. The topological polar surface area (TPSA) is 73.5 Å². The maximum absolute atomic E-state index is 13.5. The van der Waals surface area contributed by atoms with Crippen molar-refractivity contribution in [2.75, 3.05) is 33.3 Å². The third-order valence-corrected chi connectivity index (χ3v) is 7.86. The molecule has 0 unspecified atom stereocenters. The van der Waals surface area contributed by atoms with Crippen LogP contribution in [0.3, 0.4) is 0 Å². The van der Waals surface area contributed by atoms with Crippen molar-refractivity contribution in [3.63, 3.8) is 0 Å². The van der Waals surface area contributed by atoms with Gasteiger partial charge in [-0.3, -0.25) is 4.72 Å². The van der Waals surface area contributed by atoms with Crippen molar-refractivity contribution in [3.05, 3.63) is 77.4 Å². The molecule has 37 heavy (non-hydrogen) atoms. The number of benzene rings is 3. The molecule has 0 aromatic heterocycles. The summed E-state index contributed by atoms with van der Waals surface area (Å²) in [5.74, 6) is 0. The van der Waals surface area contributed by atoms with Crippen LogP contribution < -0.4 is 20.3 Å². The van der Waals surface area contributed by atoms with Crippen LogP contribution in [-0.2, 0) is 16.2 Å². The molecule has 196 valence electrons. The van der Waals surface area contributed by atoms with E-state index < -0.39 is 21.8 Å². The molecule has 0 amide bonds. The van der Waals surface area contributed by atoms with E-state index in [1.54, 1.807) is 12.1 Å². The molecule has 0 saturated carbocycles. The Morgan fingerprint density at radius 3 is 2.32 bits per heavy atom. The summed E-state index contributed by atoms with van der Waals surface area (Å²) in [5.41, 5.74) is 2.75. The van der Waals surface area contributed by atoms with Crippen LogP contribution in [0.2, 0.25) is 0 Å². The summed E-state index contributed by atoms with van der Waals surface area (Å²) >= 11 is 5.45. The molecule has 0 radical (unpaired) electrons. The van der Waals surface area contributed by atoms with Gasteiger partial charge < -0.3 is 15.5 Å². The quantitative estimate of drug-likeness (QED) is 0.304. The normalized spacial score (nSPS) is 13.9. The van der Waals surface area contributed by atoms with Gasteiger partial charge in [0.1, 0.15) is 4.90 Å². The zero-order valence-electron chi connectivity index (χ0n) is 20.3. The predicted octanol–water partition coefficient (Wildman–Crippen LogP) is 6.53. The Hall–Kier alpha value is -3.31. The Bertz CT molecular complexity index is 1420. The lowest BCUT2D eigenvalue weighted by molar-refractivity contribution is -0.137. The number of alkyl halides is 3. The molecule has 1 saturated heterocycles. The van der Waals surface area contributed by atoms with E-state index in [4.69, 9.17) is 12.2 Å². The van der Waals surface area contributed by atoms with Crippen LogP contribution in [-0.4, -0.2) is 26.6 Å². The van der Waals surface area contributed by atoms with Crippen LogP contribution in [0, 0.1) is 13.8 Å². The van der Waals surface area contributed by atoms with Crippen molar-refractivity contribution in [1.82, 2.24) is 0 Å². The Labute approximate surface area is 219 Å². The van der Waals surface area contributed by atoms with Gasteiger partial charge in [0.25, 0.3) is 10.0 Å². The largest absolute Gasteiger partial charge is 0.416 e. The van der Waals surface area contributed by atoms with Gasteiger partial charge in [0.15, 0.2) is 5.11 Å². The molecule has 0 atom stereocenters. The van der Waals surface area contributed by atoms with Gasteiger partial charge in [-0.25, -0.2) is 8.42 Å². The summed E-state index contributed by atoms with van der Waals surface area (Å²) in [4.78, 5) is 1.91. The van der Waals surface area contributed by atoms with Gasteiger partial charge in [-0.15, -0.1) is 0 Å². The fourth-order valence-corrected chi connectivity index (χ4v) is 5.70. The van der Waals surface area contributed by atoms with Gasteiger partial charge in [0, 0.05) is 30.2 Å². The summed E-state index contributed by atoms with van der Waals surface area (Å²) in [6.45, 7) is 5.33. The number of hydrogen-bond donors (Lipinski definition) is 3. The highest BCUT2D eigenvalue weighted by atomic mass is 32.2. The lowest BCUT2D eigenvalue weighted by atomic mass is 10.1. The second-order valence-electron chi connectivity index (χ2n) is 8.89. The average molecular weight is 549 g/mol. The highest BCUT2D eigenvalue weighted by Crippen LogP contribution is 2.34. The predicted molar refractivity (Wildman–Crippen MR) is 146 cm³/mol. The lowest BCUT2D eigenvalue weighted by Crippen LogP contribution is -2.24. The van der Waals surface area contributed by atoms with Crippen LogP contribution >= 0.6 is 12.2 Å². The second kappa shape index (κ2) is 10.6. The van der Waals surface area contributed by atoms with E-state index in [9.17, 15) is 21.6 Å². The molecular formula is C26H27F3N4O2S2. The van der Waals surface area contributed by atoms with Crippen LogP contribution in [0.25, 0.3) is 0 Å². The number of sulfonamides is 1. The molecule has 6 nitrogen and oxygen atoms in total. The minimum Gasteiger partial charge on any atom is -0.370 e. The fraction of sp³-hybridized carbons (Fsp3) is 0.269. The molecular weight excluding hydrogens is 521 g/mol. The second-order valence-corrected chi connectivity index (χ2v) is 10.9. The standard InChI is InChI=1S/C26H27F3N4O2S2/c1-17-7-5-10-22(18(17)2)31-25(36)30-20-11-12-23(33-13-3-4-14-33)24(16-20)37(34,35)32-21-9-6-8-19(15-21)26(27,28)29/h5-12,15-16,32H,3-4,13-14H2,1-2H3,(H2,30,31,36). The van der Waals surface area contributed by atoms with Gasteiger partial charge in [-0.05, 0) is 92.5 Å². The van der Waals surface area contributed by atoms with E-state index in [0.29, 0.717) is 24.5 Å². The molecule has 1 aliphatic heterocycles. The zero-order chi connectivity index (χ0) is 26.8. The SMILES string of the molecule is Cc1cccc(NC(=S)Nc2ccc(N3CCCC3)c(S(=O)(=O)Nc3cccc(C(F)(F)F)c3)c2)c1C. The molecule has 4 rings (SSSR count). The van der Waals surface area contributed by atoms with E-state index in [-0.39, 0.29) is 15.7 Å². The molecule has 0 spiro atoms. The van der Waals surface area contributed by atoms with Crippen molar-refractivity contribution in [2.45, 2.75) is 37.8 Å². The number of anilines is 4. The summed E-state index contributed by atoms with van der Waals surface area (Å²) in [6.07, 6.45) is -2.75. The van der Waals surface area contributed by atoms with Gasteiger partial charge in [-0.1, -0.05) is 18.2 Å². The molecule has 1 aliphatic rings. The summed E-state index contributed by atoms with van der Waals surface area (Å²) in [7, 11) is -4.24. The number of nitrogens with one attached hydrogen (secondary N) is 3. The number of halogens is 3. The summed E-state index contributed by atoms with van der Waals surface area (Å²) < 4.78 is 68.7. The van der Waals surface area contributed by atoms with Crippen molar-refractivity contribution in [1.29, 1.82) is 0 Å². The maximum Gasteiger partial charge on any atom is 0.416 e. The van der Waals surface area contributed by atoms with Crippen LogP contribution in [0.1, 0.15) is 29.5 Å². The first kappa shape index (κ1) is 26.7. The number of nitrogens with zero attached hydrogens (tertiary/aromatic N) is 1. The molecule has 3 N–H and O–H groups in total. The Morgan fingerprint density at radius 1 is 0.919 bits per heavy atom. The molecule has 0 bridgehead atoms. The highest BCUT2D eigenvalue weighted by Gasteiger charge is 2.31. The van der Waals surface area contributed by atoms with E-state index in [1.807, 2.05) is 36.9 Å². The first-order valence-electron chi connectivity index (χ1n) is 11.7. The lowest BCUT2D eigenvalue weighted by Gasteiger charge is -2.23. The minimum absolute atomic E-state index is 0.0497. The van der Waals surface area contributed by atoms with Crippen LogP contribution in [0.5, 0.6) is 0 Å². The van der Waals surface area contributed by atoms with E-state index >= 15 is 0 Å².